The maximum Gasteiger partial charge on any atom is 0.215 e. The van der Waals surface area contributed by atoms with Crippen LogP contribution in [0.3, 0.4) is 0 Å². The van der Waals surface area contributed by atoms with E-state index in [4.69, 9.17) is 4.98 Å². The van der Waals surface area contributed by atoms with Crippen LogP contribution in [-0.2, 0) is 6.54 Å². The predicted octanol–water partition coefficient (Wildman–Crippen LogP) is 6.29. The minimum Gasteiger partial charge on any atom is -0.310 e. The summed E-state index contributed by atoms with van der Waals surface area (Å²) in [6, 6.07) is 16.9. The SMILES string of the molecule is CCN(CC)CCCn1c(-c2ccc(Br)cc2)cn2c3ccccc3nc12.Cl.Cl. The molecule has 0 N–H and O–H groups in total. The summed E-state index contributed by atoms with van der Waals surface area (Å²) in [7, 11) is 0. The van der Waals surface area contributed by atoms with E-state index in [1.165, 1.54) is 11.3 Å². The molecule has 7 heteroatoms. The zero-order valence-corrected chi connectivity index (χ0v) is 19.9. The minimum atomic E-state index is 0. The molecular weight excluding hydrogens is 471 g/mol. The Morgan fingerprint density at radius 3 is 2.34 bits per heavy atom. The highest BCUT2D eigenvalue weighted by Gasteiger charge is 2.15. The summed E-state index contributed by atoms with van der Waals surface area (Å²) < 4.78 is 5.69. The van der Waals surface area contributed by atoms with Gasteiger partial charge in [0.15, 0.2) is 0 Å². The second-order valence-corrected chi connectivity index (χ2v) is 7.74. The second kappa shape index (κ2) is 10.5. The highest BCUT2D eigenvalue weighted by molar-refractivity contribution is 9.10. The van der Waals surface area contributed by atoms with Crippen LogP contribution in [0.15, 0.2) is 59.2 Å². The Hall–Kier alpha value is -1.53. The molecule has 0 saturated carbocycles. The summed E-state index contributed by atoms with van der Waals surface area (Å²) in [5, 5.41) is 0. The van der Waals surface area contributed by atoms with Gasteiger partial charge in [0.25, 0.3) is 0 Å². The first-order valence-corrected chi connectivity index (χ1v) is 10.4. The molecule has 0 saturated heterocycles. The Kier molecular flexibility index (Phi) is 8.58. The van der Waals surface area contributed by atoms with Gasteiger partial charge >= 0.3 is 0 Å². The van der Waals surface area contributed by atoms with Gasteiger partial charge in [-0.3, -0.25) is 4.40 Å². The fourth-order valence-electron chi connectivity index (χ4n) is 3.71. The molecule has 0 fully saturated rings. The van der Waals surface area contributed by atoms with E-state index in [0.717, 1.165) is 53.9 Å². The van der Waals surface area contributed by atoms with E-state index in [9.17, 15) is 0 Å². The van der Waals surface area contributed by atoms with Crippen molar-refractivity contribution in [2.75, 3.05) is 19.6 Å². The third-order valence-electron chi connectivity index (χ3n) is 5.25. The number of aromatic nitrogens is 3. The number of hydrogen-bond acceptors (Lipinski definition) is 2. The number of imidazole rings is 2. The number of halogens is 3. The largest absolute Gasteiger partial charge is 0.310 e. The maximum absolute atomic E-state index is 4.92. The van der Waals surface area contributed by atoms with Gasteiger partial charge in [-0.1, -0.05) is 54.0 Å². The molecule has 2 aromatic heterocycles. The standard InChI is InChI=1S/C22H25BrN4.2ClH/c1-3-25(4-2)14-7-15-26-21(17-10-12-18(23)13-11-17)16-27-20-9-6-5-8-19(20)24-22(26)27;;/h5-6,8-13,16H,3-4,7,14-15H2,1-2H3;2*1H. The first-order chi connectivity index (χ1) is 13.2. The van der Waals surface area contributed by atoms with Crippen LogP contribution in [0, 0.1) is 0 Å². The Balaban J connectivity index is 0.00000150. The minimum absolute atomic E-state index is 0. The second-order valence-electron chi connectivity index (χ2n) is 6.82. The molecule has 4 nitrogen and oxygen atoms in total. The molecule has 0 aliphatic heterocycles. The molecule has 0 aliphatic carbocycles. The summed E-state index contributed by atoms with van der Waals surface area (Å²) in [5.41, 5.74) is 4.65. The van der Waals surface area contributed by atoms with E-state index in [0.29, 0.717) is 0 Å². The van der Waals surface area contributed by atoms with Gasteiger partial charge < -0.3 is 9.47 Å². The smallest absolute Gasteiger partial charge is 0.215 e. The highest BCUT2D eigenvalue weighted by atomic mass is 79.9. The Bertz CT molecular complexity index is 1050. The van der Waals surface area contributed by atoms with Crippen LogP contribution in [0.5, 0.6) is 0 Å². The van der Waals surface area contributed by atoms with Crippen LogP contribution in [-0.4, -0.2) is 38.5 Å². The first kappa shape index (κ1) is 23.7. The summed E-state index contributed by atoms with van der Waals surface area (Å²) in [4.78, 5) is 7.39. The van der Waals surface area contributed by atoms with Crippen LogP contribution < -0.4 is 0 Å². The molecule has 0 radical (unpaired) electrons. The molecule has 0 unspecified atom stereocenters. The van der Waals surface area contributed by atoms with Gasteiger partial charge in [-0.15, -0.1) is 24.8 Å². The number of fused-ring (bicyclic) bond motifs is 3. The Morgan fingerprint density at radius 1 is 0.966 bits per heavy atom. The van der Waals surface area contributed by atoms with E-state index >= 15 is 0 Å². The van der Waals surface area contributed by atoms with Crippen molar-refractivity contribution in [3.63, 3.8) is 0 Å². The lowest BCUT2D eigenvalue weighted by molar-refractivity contribution is 0.294. The molecule has 0 spiro atoms. The average molecular weight is 498 g/mol. The summed E-state index contributed by atoms with van der Waals surface area (Å²) in [6.07, 6.45) is 3.34. The van der Waals surface area contributed by atoms with Crippen LogP contribution >= 0.6 is 40.7 Å². The van der Waals surface area contributed by atoms with Crippen molar-refractivity contribution in [1.29, 1.82) is 0 Å². The number of rotatable bonds is 7. The van der Waals surface area contributed by atoms with E-state index in [1.807, 2.05) is 0 Å². The summed E-state index contributed by atoms with van der Waals surface area (Å²) in [6.45, 7) is 8.73. The number of para-hydroxylation sites is 2. The molecule has 0 atom stereocenters. The molecule has 0 bridgehead atoms. The number of nitrogens with zero attached hydrogens (tertiary/aromatic N) is 4. The van der Waals surface area contributed by atoms with Crippen molar-refractivity contribution in [2.45, 2.75) is 26.8 Å². The van der Waals surface area contributed by atoms with E-state index in [1.54, 1.807) is 0 Å². The molecule has 2 heterocycles. The summed E-state index contributed by atoms with van der Waals surface area (Å²) in [5.74, 6) is 1.02. The van der Waals surface area contributed by atoms with Crippen LogP contribution in [0.2, 0.25) is 0 Å². The highest BCUT2D eigenvalue weighted by Crippen LogP contribution is 2.28. The fraction of sp³-hybridized carbons (Fsp3) is 0.318. The fourth-order valence-corrected chi connectivity index (χ4v) is 3.98. The average Bonchev–Trinajstić information content (AvgIpc) is 3.22. The van der Waals surface area contributed by atoms with Crippen molar-refractivity contribution in [1.82, 2.24) is 18.9 Å². The molecule has 0 aliphatic rings. The van der Waals surface area contributed by atoms with Crippen molar-refractivity contribution in [3.05, 3.63) is 59.2 Å². The van der Waals surface area contributed by atoms with Gasteiger partial charge in [0, 0.05) is 17.2 Å². The van der Waals surface area contributed by atoms with Gasteiger partial charge in [-0.05, 0) is 55.9 Å². The Morgan fingerprint density at radius 2 is 1.66 bits per heavy atom. The first-order valence-electron chi connectivity index (χ1n) is 9.66. The van der Waals surface area contributed by atoms with Gasteiger partial charge in [0.05, 0.1) is 16.7 Å². The maximum atomic E-state index is 4.92. The third kappa shape index (κ3) is 4.80. The zero-order valence-electron chi connectivity index (χ0n) is 16.7. The molecular formula is C22H27BrCl2N4. The third-order valence-corrected chi connectivity index (χ3v) is 5.78. The molecule has 29 heavy (non-hydrogen) atoms. The van der Waals surface area contributed by atoms with Gasteiger partial charge in [-0.25, -0.2) is 4.98 Å². The topological polar surface area (TPSA) is 25.5 Å². The van der Waals surface area contributed by atoms with Gasteiger partial charge in [-0.2, -0.15) is 0 Å². The molecule has 4 aromatic rings. The number of aryl methyl sites for hydroxylation is 1. The lowest BCUT2D eigenvalue weighted by Crippen LogP contribution is -2.24. The van der Waals surface area contributed by atoms with Crippen molar-refractivity contribution in [3.8, 4) is 11.3 Å². The van der Waals surface area contributed by atoms with Crippen molar-refractivity contribution in [2.24, 2.45) is 0 Å². The molecule has 4 rings (SSSR count). The van der Waals surface area contributed by atoms with Crippen LogP contribution in [0.4, 0.5) is 0 Å². The summed E-state index contributed by atoms with van der Waals surface area (Å²) >= 11 is 3.54. The van der Waals surface area contributed by atoms with E-state index in [-0.39, 0.29) is 24.8 Å². The van der Waals surface area contributed by atoms with Crippen molar-refractivity contribution < 1.29 is 0 Å². The molecule has 2 aromatic carbocycles. The molecule has 0 amide bonds. The van der Waals surface area contributed by atoms with Crippen LogP contribution in [0.1, 0.15) is 20.3 Å². The Labute approximate surface area is 192 Å². The zero-order chi connectivity index (χ0) is 18.8. The predicted molar refractivity (Wildman–Crippen MR) is 131 cm³/mol. The van der Waals surface area contributed by atoms with E-state index in [2.05, 4.69) is 98.4 Å². The monoisotopic (exact) mass is 496 g/mol. The van der Waals surface area contributed by atoms with Crippen molar-refractivity contribution >= 4 is 57.6 Å². The van der Waals surface area contributed by atoms with E-state index < -0.39 is 0 Å². The molecule has 156 valence electrons. The van der Waals surface area contributed by atoms with Gasteiger partial charge in [0.1, 0.15) is 0 Å². The van der Waals surface area contributed by atoms with Gasteiger partial charge in [0.2, 0.25) is 5.78 Å². The van der Waals surface area contributed by atoms with Crippen LogP contribution in [0.25, 0.3) is 28.1 Å². The lowest BCUT2D eigenvalue weighted by Gasteiger charge is -2.18. The lowest BCUT2D eigenvalue weighted by atomic mass is 10.1. The number of hydrogen-bond donors (Lipinski definition) is 0. The quantitative estimate of drug-likeness (QED) is 0.299. The normalized spacial score (nSPS) is 11.0. The number of benzene rings is 2.